The number of anilines is 1. The summed E-state index contributed by atoms with van der Waals surface area (Å²) < 4.78 is 5.23. The maximum atomic E-state index is 11.9. The fourth-order valence-corrected chi connectivity index (χ4v) is 1.77. The maximum Gasteiger partial charge on any atom is 0.326 e. The fourth-order valence-electron chi connectivity index (χ4n) is 1.62. The lowest BCUT2D eigenvalue weighted by molar-refractivity contribution is -0.153. The summed E-state index contributed by atoms with van der Waals surface area (Å²) in [4.78, 5) is 25.1. The van der Waals surface area contributed by atoms with Crippen molar-refractivity contribution in [3.63, 3.8) is 0 Å². The third-order valence-corrected chi connectivity index (χ3v) is 2.70. The molecule has 0 aliphatic heterocycles. The second kappa shape index (κ2) is 6.75. The van der Waals surface area contributed by atoms with E-state index in [0.29, 0.717) is 5.69 Å². The molecule has 1 aromatic rings. The second-order valence-electron chi connectivity index (χ2n) is 5.54. The molecular formula is C15H20ClNO3. The maximum absolute atomic E-state index is 11.9. The van der Waals surface area contributed by atoms with Gasteiger partial charge >= 0.3 is 5.97 Å². The van der Waals surface area contributed by atoms with Crippen LogP contribution in [-0.2, 0) is 14.3 Å². The minimum Gasteiger partial charge on any atom is -0.459 e. The van der Waals surface area contributed by atoms with Crippen LogP contribution in [0.15, 0.2) is 24.3 Å². The largest absolute Gasteiger partial charge is 0.459 e. The van der Waals surface area contributed by atoms with Crippen molar-refractivity contribution in [2.24, 2.45) is 0 Å². The zero-order chi connectivity index (χ0) is 15.3. The normalized spacial score (nSPS) is 11.1. The molecule has 1 amide bonds. The molecule has 20 heavy (non-hydrogen) atoms. The van der Waals surface area contributed by atoms with Gasteiger partial charge in [0.05, 0.1) is 0 Å². The van der Waals surface area contributed by atoms with Crippen molar-refractivity contribution in [3.8, 4) is 0 Å². The van der Waals surface area contributed by atoms with Crippen molar-refractivity contribution in [2.45, 2.75) is 33.3 Å². The third kappa shape index (κ3) is 5.21. The monoisotopic (exact) mass is 297 g/mol. The molecule has 1 rings (SSSR count). The number of carbonyl (C=O) groups is 2. The van der Waals surface area contributed by atoms with Crippen LogP contribution in [-0.4, -0.2) is 29.9 Å². The van der Waals surface area contributed by atoms with Gasteiger partial charge in [-0.3, -0.25) is 9.59 Å². The highest BCUT2D eigenvalue weighted by molar-refractivity contribution is 6.29. The van der Waals surface area contributed by atoms with Gasteiger partial charge in [0.25, 0.3) is 0 Å². The number of hydrogen-bond donors (Lipinski definition) is 0. The quantitative estimate of drug-likeness (QED) is 0.634. The fraction of sp³-hybridized carbons (Fsp3) is 0.467. The zero-order valence-corrected chi connectivity index (χ0v) is 13.0. The first-order chi connectivity index (χ1) is 9.23. The first-order valence-electron chi connectivity index (χ1n) is 6.38. The number of amides is 1. The molecule has 0 bridgehead atoms. The van der Waals surface area contributed by atoms with Crippen LogP contribution in [0.1, 0.15) is 26.3 Å². The van der Waals surface area contributed by atoms with Gasteiger partial charge in [0.2, 0.25) is 5.91 Å². The van der Waals surface area contributed by atoms with E-state index in [0.717, 1.165) is 5.56 Å². The zero-order valence-electron chi connectivity index (χ0n) is 12.3. The second-order valence-corrected chi connectivity index (χ2v) is 5.80. The molecule has 0 fully saturated rings. The molecule has 0 aliphatic carbocycles. The van der Waals surface area contributed by atoms with Crippen LogP contribution < -0.4 is 4.90 Å². The smallest absolute Gasteiger partial charge is 0.326 e. The average Bonchev–Trinajstić information content (AvgIpc) is 2.34. The SMILES string of the molecule is Cc1ccc(N(CC(=O)OC(C)(C)C)C(=O)CCl)cc1. The molecule has 0 unspecified atom stereocenters. The first-order valence-corrected chi connectivity index (χ1v) is 6.91. The number of carbonyl (C=O) groups excluding carboxylic acids is 2. The number of nitrogens with zero attached hydrogens (tertiary/aromatic N) is 1. The Hall–Kier alpha value is -1.55. The van der Waals surface area contributed by atoms with E-state index in [-0.39, 0.29) is 18.3 Å². The van der Waals surface area contributed by atoms with E-state index in [2.05, 4.69) is 0 Å². The van der Waals surface area contributed by atoms with Crippen molar-refractivity contribution < 1.29 is 14.3 Å². The summed E-state index contributed by atoms with van der Waals surface area (Å²) in [7, 11) is 0. The number of halogens is 1. The highest BCUT2D eigenvalue weighted by atomic mass is 35.5. The Kier molecular flexibility index (Phi) is 5.57. The number of rotatable bonds is 4. The van der Waals surface area contributed by atoms with Crippen LogP contribution in [0.25, 0.3) is 0 Å². The van der Waals surface area contributed by atoms with Crippen molar-refractivity contribution in [1.82, 2.24) is 0 Å². The molecule has 0 N–H and O–H groups in total. The van der Waals surface area contributed by atoms with Crippen molar-refractivity contribution in [1.29, 1.82) is 0 Å². The Morgan fingerprint density at radius 3 is 2.20 bits per heavy atom. The highest BCUT2D eigenvalue weighted by Gasteiger charge is 2.22. The number of aryl methyl sites for hydroxylation is 1. The molecular weight excluding hydrogens is 278 g/mol. The summed E-state index contributed by atoms with van der Waals surface area (Å²) in [5, 5.41) is 0. The summed E-state index contributed by atoms with van der Waals surface area (Å²) in [5.74, 6) is -0.977. The molecule has 0 aliphatic rings. The minimum atomic E-state index is -0.583. The molecule has 110 valence electrons. The number of ether oxygens (including phenoxy) is 1. The summed E-state index contributed by atoms with van der Waals surface area (Å²) in [6, 6.07) is 7.31. The topological polar surface area (TPSA) is 46.6 Å². The summed E-state index contributed by atoms with van der Waals surface area (Å²) in [6.45, 7) is 7.15. The minimum absolute atomic E-state index is 0.147. The van der Waals surface area contributed by atoms with Gasteiger partial charge in [-0.15, -0.1) is 11.6 Å². The Balaban J connectivity index is 2.88. The van der Waals surface area contributed by atoms with E-state index in [1.807, 2.05) is 19.1 Å². The van der Waals surface area contributed by atoms with Crippen LogP contribution in [0.3, 0.4) is 0 Å². The number of benzene rings is 1. The number of esters is 1. The Bertz CT molecular complexity index is 477. The molecule has 0 heterocycles. The van der Waals surface area contributed by atoms with Crippen molar-refractivity contribution in [2.75, 3.05) is 17.3 Å². The lowest BCUT2D eigenvalue weighted by Gasteiger charge is -2.25. The molecule has 1 aromatic carbocycles. The van der Waals surface area contributed by atoms with E-state index in [1.54, 1.807) is 32.9 Å². The van der Waals surface area contributed by atoms with Crippen molar-refractivity contribution in [3.05, 3.63) is 29.8 Å². The van der Waals surface area contributed by atoms with Gasteiger partial charge < -0.3 is 9.64 Å². The Morgan fingerprint density at radius 2 is 1.75 bits per heavy atom. The van der Waals surface area contributed by atoms with E-state index in [1.165, 1.54) is 4.90 Å². The standard InChI is InChI=1S/C15H20ClNO3/c1-11-5-7-12(8-6-11)17(13(18)9-16)10-14(19)20-15(2,3)4/h5-8H,9-10H2,1-4H3. The Labute approximate surface area is 124 Å². The first kappa shape index (κ1) is 16.5. The predicted octanol–water partition coefficient (Wildman–Crippen LogP) is 2.91. The van der Waals surface area contributed by atoms with Crippen LogP contribution in [0.2, 0.25) is 0 Å². The molecule has 0 radical (unpaired) electrons. The number of alkyl halides is 1. The highest BCUT2D eigenvalue weighted by Crippen LogP contribution is 2.17. The van der Waals surface area contributed by atoms with Gasteiger partial charge in [0, 0.05) is 5.69 Å². The molecule has 0 spiro atoms. The third-order valence-electron chi connectivity index (χ3n) is 2.47. The predicted molar refractivity (Wildman–Crippen MR) is 80.1 cm³/mol. The number of hydrogen-bond acceptors (Lipinski definition) is 3. The molecule has 4 nitrogen and oxygen atoms in total. The lowest BCUT2D eigenvalue weighted by Crippen LogP contribution is -2.39. The van der Waals surface area contributed by atoms with Crippen LogP contribution in [0.5, 0.6) is 0 Å². The van der Waals surface area contributed by atoms with Gasteiger partial charge in [-0.2, -0.15) is 0 Å². The van der Waals surface area contributed by atoms with Gasteiger partial charge in [0.15, 0.2) is 0 Å². The van der Waals surface area contributed by atoms with Gasteiger partial charge in [-0.05, 0) is 39.8 Å². The van der Waals surface area contributed by atoms with E-state index >= 15 is 0 Å². The molecule has 5 heteroatoms. The summed E-state index contributed by atoms with van der Waals surface area (Å²) in [5.41, 5.74) is 1.12. The Morgan fingerprint density at radius 1 is 1.20 bits per heavy atom. The van der Waals surface area contributed by atoms with Gasteiger partial charge in [-0.25, -0.2) is 0 Å². The molecule has 0 saturated heterocycles. The van der Waals surface area contributed by atoms with E-state index in [9.17, 15) is 9.59 Å². The van der Waals surface area contributed by atoms with Gasteiger partial charge in [-0.1, -0.05) is 17.7 Å². The average molecular weight is 298 g/mol. The lowest BCUT2D eigenvalue weighted by atomic mass is 10.2. The van der Waals surface area contributed by atoms with E-state index in [4.69, 9.17) is 16.3 Å². The summed E-state index contributed by atoms with van der Waals surface area (Å²) >= 11 is 5.60. The van der Waals surface area contributed by atoms with Crippen molar-refractivity contribution >= 4 is 29.2 Å². The summed E-state index contributed by atoms with van der Waals surface area (Å²) in [6.07, 6.45) is 0. The van der Waals surface area contributed by atoms with Crippen LogP contribution in [0.4, 0.5) is 5.69 Å². The van der Waals surface area contributed by atoms with Crippen LogP contribution >= 0.6 is 11.6 Å². The molecule has 0 atom stereocenters. The molecule has 0 aromatic heterocycles. The molecule has 0 saturated carbocycles. The van der Waals surface area contributed by atoms with Gasteiger partial charge in [0.1, 0.15) is 18.0 Å². The van der Waals surface area contributed by atoms with E-state index < -0.39 is 11.6 Å². The van der Waals surface area contributed by atoms with Crippen LogP contribution in [0, 0.1) is 6.92 Å².